The van der Waals surface area contributed by atoms with Crippen molar-refractivity contribution in [2.45, 2.75) is 38.8 Å². The number of halogens is 1. The van der Waals surface area contributed by atoms with Gasteiger partial charge in [-0.2, -0.15) is 0 Å². The van der Waals surface area contributed by atoms with Crippen LogP contribution in [0.2, 0.25) is 5.02 Å². The van der Waals surface area contributed by atoms with E-state index in [0.717, 1.165) is 4.90 Å². The second kappa shape index (κ2) is 5.93. The third-order valence-corrected chi connectivity index (χ3v) is 3.38. The number of carbonyl (C=O) groups is 2. The third kappa shape index (κ3) is 3.88. The molecule has 1 aromatic carbocycles. The highest BCUT2D eigenvalue weighted by Crippen LogP contribution is 2.30. The molecule has 0 bridgehead atoms. The zero-order valence-corrected chi connectivity index (χ0v) is 13.6. The molecule has 6 heteroatoms. The lowest BCUT2D eigenvalue weighted by molar-refractivity contribution is -0.150. The van der Waals surface area contributed by atoms with Gasteiger partial charge in [0.2, 0.25) is 0 Å². The number of hydrogen-bond acceptors (Lipinski definition) is 3. The minimum atomic E-state index is -1.58. The van der Waals surface area contributed by atoms with E-state index in [4.69, 9.17) is 16.3 Å². The Bertz CT molecular complexity index is 553. The van der Waals surface area contributed by atoms with E-state index >= 15 is 0 Å². The first-order valence-electron chi connectivity index (χ1n) is 6.44. The van der Waals surface area contributed by atoms with Gasteiger partial charge < -0.3 is 9.84 Å². The molecular weight excluding hydrogens is 294 g/mol. The Morgan fingerprint density at radius 2 is 1.81 bits per heavy atom. The van der Waals surface area contributed by atoms with Gasteiger partial charge in [-0.25, -0.2) is 9.59 Å². The lowest BCUT2D eigenvalue weighted by Gasteiger charge is -2.36. The van der Waals surface area contributed by atoms with E-state index in [0.29, 0.717) is 10.6 Å². The molecule has 1 rings (SSSR count). The van der Waals surface area contributed by atoms with Crippen molar-refractivity contribution in [1.82, 2.24) is 4.90 Å². The molecule has 1 unspecified atom stereocenters. The van der Waals surface area contributed by atoms with Crippen LogP contribution in [0.1, 0.15) is 33.3 Å². The molecule has 5 nitrogen and oxygen atoms in total. The van der Waals surface area contributed by atoms with Crippen LogP contribution in [0.5, 0.6) is 0 Å². The molecule has 0 fully saturated rings. The Morgan fingerprint density at radius 1 is 1.24 bits per heavy atom. The number of nitrogens with zero attached hydrogens (tertiary/aromatic N) is 1. The van der Waals surface area contributed by atoms with Gasteiger partial charge in [0, 0.05) is 12.1 Å². The van der Waals surface area contributed by atoms with Crippen molar-refractivity contribution >= 4 is 23.7 Å². The molecule has 21 heavy (non-hydrogen) atoms. The molecule has 0 aromatic heterocycles. The minimum absolute atomic E-state index is 0.399. The molecule has 1 amide bonds. The van der Waals surface area contributed by atoms with Gasteiger partial charge in [0.05, 0.1) is 0 Å². The second-order valence-corrected chi connectivity index (χ2v) is 6.36. The zero-order valence-electron chi connectivity index (χ0n) is 12.8. The van der Waals surface area contributed by atoms with E-state index in [9.17, 15) is 14.7 Å². The van der Waals surface area contributed by atoms with Crippen molar-refractivity contribution in [2.75, 3.05) is 7.05 Å². The number of benzene rings is 1. The lowest BCUT2D eigenvalue weighted by atomic mass is 9.91. The van der Waals surface area contributed by atoms with Crippen molar-refractivity contribution in [3.63, 3.8) is 0 Å². The number of carboxylic acid groups (broad SMARTS) is 1. The Kier molecular flexibility index (Phi) is 4.89. The number of aliphatic carboxylic acids is 1. The molecule has 0 saturated heterocycles. The molecule has 1 N–H and O–H groups in total. The van der Waals surface area contributed by atoms with Crippen LogP contribution in [0.3, 0.4) is 0 Å². The molecule has 0 aliphatic rings. The van der Waals surface area contributed by atoms with Crippen LogP contribution in [-0.2, 0) is 15.1 Å². The first-order chi connectivity index (χ1) is 9.48. The van der Waals surface area contributed by atoms with Gasteiger partial charge in [0.1, 0.15) is 5.60 Å². The maximum Gasteiger partial charge on any atom is 0.411 e. The van der Waals surface area contributed by atoms with Crippen molar-refractivity contribution in [2.24, 2.45) is 0 Å². The largest absolute Gasteiger partial charge is 0.479 e. The van der Waals surface area contributed by atoms with Gasteiger partial charge in [-0.15, -0.1) is 0 Å². The van der Waals surface area contributed by atoms with Crippen LogP contribution in [0.15, 0.2) is 24.3 Å². The first-order valence-corrected chi connectivity index (χ1v) is 6.82. The highest BCUT2D eigenvalue weighted by atomic mass is 35.5. The summed E-state index contributed by atoms with van der Waals surface area (Å²) in [7, 11) is 1.39. The van der Waals surface area contributed by atoms with E-state index < -0.39 is 23.2 Å². The highest BCUT2D eigenvalue weighted by Gasteiger charge is 2.43. The molecule has 1 atom stereocenters. The maximum absolute atomic E-state index is 12.2. The van der Waals surface area contributed by atoms with Crippen LogP contribution in [0, 0.1) is 0 Å². The standard InChI is InChI=1S/C15H20ClNO4/c1-14(2,3)21-13(20)17(5)15(4,12(18)19)10-7-6-8-11(16)9-10/h6-9H,1-5H3,(H,18,19). The summed E-state index contributed by atoms with van der Waals surface area (Å²) in [4.78, 5) is 25.0. The molecular formula is C15H20ClNO4. The number of amides is 1. The van der Waals surface area contributed by atoms with Crippen LogP contribution in [0.4, 0.5) is 4.79 Å². The van der Waals surface area contributed by atoms with Gasteiger partial charge in [0.25, 0.3) is 0 Å². The SMILES string of the molecule is CN(C(=O)OC(C)(C)C)C(C)(C(=O)O)c1cccc(Cl)c1. The summed E-state index contributed by atoms with van der Waals surface area (Å²) < 4.78 is 5.24. The predicted molar refractivity (Wildman–Crippen MR) is 80.4 cm³/mol. The van der Waals surface area contributed by atoms with E-state index in [1.807, 2.05) is 0 Å². The summed E-state index contributed by atoms with van der Waals surface area (Å²) in [5.41, 5.74) is -1.89. The minimum Gasteiger partial charge on any atom is -0.479 e. The summed E-state index contributed by atoms with van der Waals surface area (Å²) in [6.07, 6.45) is -0.715. The van der Waals surface area contributed by atoms with Crippen molar-refractivity contribution in [3.05, 3.63) is 34.9 Å². The monoisotopic (exact) mass is 313 g/mol. The molecule has 0 heterocycles. The molecule has 0 aliphatic heterocycles. The second-order valence-electron chi connectivity index (χ2n) is 5.93. The summed E-state index contributed by atoms with van der Waals surface area (Å²) in [6.45, 7) is 6.59. The molecule has 0 saturated carbocycles. The lowest BCUT2D eigenvalue weighted by Crippen LogP contribution is -2.52. The zero-order chi connectivity index (χ0) is 16.4. The Labute approximate surface area is 129 Å². The molecule has 0 radical (unpaired) electrons. The smallest absolute Gasteiger partial charge is 0.411 e. The summed E-state index contributed by atoms with van der Waals surface area (Å²) in [5, 5.41) is 10.0. The number of carbonyl (C=O) groups excluding carboxylic acids is 1. The number of ether oxygens (including phenoxy) is 1. The number of rotatable bonds is 3. The Morgan fingerprint density at radius 3 is 2.24 bits per heavy atom. The van der Waals surface area contributed by atoms with Crippen molar-refractivity contribution < 1.29 is 19.4 Å². The third-order valence-electron chi connectivity index (χ3n) is 3.14. The number of hydrogen-bond donors (Lipinski definition) is 1. The first kappa shape index (κ1) is 17.3. The summed E-state index contributed by atoms with van der Waals surface area (Å²) in [5.74, 6) is -1.17. The van der Waals surface area contributed by atoms with E-state index in [2.05, 4.69) is 0 Å². The van der Waals surface area contributed by atoms with Gasteiger partial charge in [-0.1, -0.05) is 23.7 Å². The molecule has 116 valence electrons. The fourth-order valence-electron chi connectivity index (χ4n) is 1.76. The van der Waals surface area contributed by atoms with Gasteiger partial charge in [-0.05, 0) is 45.4 Å². The fraction of sp³-hybridized carbons (Fsp3) is 0.467. The number of likely N-dealkylation sites (N-methyl/N-ethyl adjacent to an activating group) is 1. The van der Waals surface area contributed by atoms with Crippen LogP contribution >= 0.6 is 11.6 Å². The van der Waals surface area contributed by atoms with Crippen molar-refractivity contribution in [1.29, 1.82) is 0 Å². The van der Waals surface area contributed by atoms with Gasteiger partial charge in [-0.3, -0.25) is 4.90 Å². The normalized spacial score (nSPS) is 14.2. The van der Waals surface area contributed by atoms with Crippen LogP contribution < -0.4 is 0 Å². The predicted octanol–water partition coefficient (Wildman–Crippen LogP) is 3.51. The van der Waals surface area contributed by atoms with Crippen molar-refractivity contribution in [3.8, 4) is 0 Å². The topological polar surface area (TPSA) is 66.8 Å². The summed E-state index contributed by atoms with van der Waals surface area (Å²) in [6, 6.07) is 6.42. The van der Waals surface area contributed by atoms with E-state index in [-0.39, 0.29) is 0 Å². The highest BCUT2D eigenvalue weighted by molar-refractivity contribution is 6.30. The van der Waals surface area contributed by atoms with E-state index in [1.54, 1.807) is 39.0 Å². The van der Waals surface area contributed by atoms with Crippen LogP contribution in [0.25, 0.3) is 0 Å². The molecule has 1 aromatic rings. The number of carboxylic acids is 1. The fourth-order valence-corrected chi connectivity index (χ4v) is 1.96. The summed E-state index contributed by atoms with van der Waals surface area (Å²) >= 11 is 5.92. The Balaban J connectivity index is 3.22. The quantitative estimate of drug-likeness (QED) is 0.927. The van der Waals surface area contributed by atoms with Gasteiger partial charge >= 0.3 is 12.1 Å². The molecule has 0 aliphatic carbocycles. The Hall–Kier alpha value is -1.75. The van der Waals surface area contributed by atoms with Gasteiger partial charge in [0.15, 0.2) is 5.54 Å². The average molecular weight is 314 g/mol. The van der Waals surface area contributed by atoms with Crippen LogP contribution in [-0.4, -0.2) is 34.7 Å². The van der Waals surface area contributed by atoms with E-state index in [1.165, 1.54) is 20.0 Å². The average Bonchev–Trinajstić information content (AvgIpc) is 2.34. The maximum atomic E-state index is 12.2. The molecule has 0 spiro atoms.